The number of hydrogen-bond acceptors (Lipinski definition) is 4. The Morgan fingerprint density at radius 2 is 2.17 bits per heavy atom. The fourth-order valence-electron chi connectivity index (χ4n) is 3.40. The van der Waals surface area contributed by atoms with E-state index in [0.29, 0.717) is 26.1 Å². The van der Waals surface area contributed by atoms with Crippen LogP contribution < -0.4 is 5.32 Å². The van der Waals surface area contributed by atoms with Gasteiger partial charge in [-0.3, -0.25) is 9.59 Å². The number of carbonyl (C=O) groups is 2. The topological polar surface area (TPSA) is 67.9 Å². The van der Waals surface area contributed by atoms with Crippen LogP contribution in [0.2, 0.25) is 0 Å². The largest absolute Gasteiger partial charge is 0.370 e. The molecule has 3 rings (SSSR count). The number of nitrogens with one attached hydrogen (secondary N) is 1. The summed E-state index contributed by atoms with van der Waals surface area (Å²) in [6.07, 6.45) is 1.91. The summed E-state index contributed by atoms with van der Waals surface area (Å²) in [4.78, 5) is 25.6. The maximum Gasteiger partial charge on any atom is 0.245 e. The first kappa shape index (κ1) is 16.9. The van der Waals surface area contributed by atoms with Gasteiger partial charge in [0.15, 0.2) is 0 Å². The van der Waals surface area contributed by atoms with Gasteiger partial charge in [0.2, 0.25) is 11.8 Å². The van der Waals surface area contributed by atoms with Gasteiger partial charge in [-0.2, -0.15) is 0 Å². The average molecular weight is 332 g/mol. The Labute approximate surface area is 142 Å². The molecule has 6 nitrogen and oxygen atoms in total. The van der Waals surface area contributed by atoms with Crippen molar-refractivity contribution >= 4 is 11.8 Å². The standard InChI is InChI=1S/C18H24N2O4/c1-19-16(21)12-23-15-10-18(24-11-15)7-8-20(13-18)17(22)9-14-5-3-2-4-6-14/h2-6,15H,7-13H2,1H3,(H,19,21)/t15-,18-/m1/s1. The molecule has 6 heteroatoms. The van der Waals surface area contributed by atoms with E-state index in [1.807, 2.05) is 35.2 Å². The van der Waals surface area contributed by atoms with Crippen LogP contribution in [0.15, 0.2) is 30.3 Å². The van der Waals surface area contributed by atoms with Gasteiger partial charge in [0.25, 0.3) is 0 Å². The minimum atomic E-state index is -0.306. The molecule has 0 unspecified atom stereocenters. The zero-order valence-corrected chi connectivity index (χ0v) is 14.0. The van der Waals surface area contributed by atoms with E-state index in [9.17, 15) is 9.59 Å². The molecule has 0 aliphatic carbocycles. The molecule has 2 saturated heterocycles. The van der Waals surface area contributed by atoms with E-state index in [0.717, 1.165) is 18.4 Å². The third-order valence-electron chi connectivity index (χ3n) is 4.77. The number of hydrogen-bond donors (Lipinski definition) is 1. The van der Waals surface area contributed by atoms with E-state index < -0.39 is 0 Å². The normalized spacial score (nSPS) is 26.0. The predicted octanol–water partition coefficient (Wildman–Crippen LogP) is 0.752. The molecule has 0 radical (unpaired) electrons. The lowest BCUT2D eigenvalue weighted by Gasteiger charge is -2.23. The highest BCUT2D eigenvalue weighted by molar-refractivity contribution is 5.79. The Balaban J connectivity index is 1.50. The number of ether oxygens (including phenoxy) is 2. The third kappa shape index (κ3) is 3.94. The summed E-state index contributed by atoms with van der Waals surface area (Å²) in [5.74, 6) is -0.00144. The van der Waals surface area contributed by atoms with Gasteiger partial charge in [0.1, 0.15) is 6.61 Å². The van der Waals surface area contributed by atoms with Gasteiger partial charge >= 0.3 is 0 Å². The lowest BCUT2D eigenvalue weighted by Crippen LogP contribution is -2.36. The highest BCUT2D eigenvalue weighted by atomic mass is 16.6. The Bertz CT molecular complexity index is 592. The first-order valence-corrected chi connectivity index (χ1v) is 8.38. The number of benzene rings is 1. The molecule has 1 aromatic rings. The van der Waals surface area contributed by atoms with Crippen molar-refractivity contribution in [1.29, 1.82) is 0 Å². The summed E-state index contributed by atoms with van der Waals surface area (Å²) in [6.45, 7) is 1.86. The van der Waals surface area contributed by atoms with Crippen molar-refractivity contribution in [3.8, 4) is 0 Å². The fraction of sp³-hybridized carbons (Fsp3) is 0.556. The lowest BCUT2D eigenvalue weighted by molar-refractivity contribution is -0.130. The molecular weight excluding hydrogens is 308 g/mol. The SMILES string of the molecule is CNC(=O)CO[C@H]1CO[C@]2(CCN(C(=O)Cc3ccccc3)C2)C1. The van der Waals surface area contributed by atoms with Gasteiger partial charge in [-0.05, 0) is 12.0 Å². The molecule has 0 bridgehead atoms. The van der Waals surface area contributed by atoms with Crippen LogP contribution >= 0.6 is 0 Å². The fourth-order valence-corrected chi connectivity index (χ4v) is 3.40. The monoisotopic (exact) mass is 332 g/mol. The van der Waals surface area contributed by atoms with Crippen molar-refractivity contribution in [1.82, 2.24) is 10.2 Å². The smallest absolute Gasteiger partial charge is 0.245 e. The molecular formula is C18H24N2O4. The number of likely N-dealkylation sites (N-methyl/N-ethyl adjacent to an activating group) is 1. The number of amides is 2. The zero-order chi connectivity index (χ0) is 17.0. The Morgan fingerprint density at radius 1 is 1.38 bits per heavy atom. The van der Waals surface area contributed by atoms with Gasteiger partial charge in [0.05, 0.1) is 24.7 Å². The van der Waals surface area contributed by atoms with E-state index in [4.69, 9.17) is 9.47 Å². The van der Waals surface area contributed by atoms with Crippen LogP contribution in [0.3, 0.4) is 0 Å². The van der Waals surface area contributed by atoms with Crippen LogP contribution in [-0.4, -0.2) is 61.8 Å². The van der Waals surface area contributed by atoms with Crippen LogP contribution in [0.4, 0.5) is 0 Å². The van der Waals surface area contributed by atoms with E-state index in [-0.39, 0.29) is 30.1 Å². The molecule has 2 heterocycles. The molecule has 1 spiro atoms. The summed E-state index contributed by atoms with van der Waals surface area (Å²) < 4.78 is 11.6. The predicted molar refractivity (Wildman–Crippen MR) is 88.4 cm³/mol. The van der Waals surface area contributed by atoms with Crippen molar-refractivity contribution in [2.45, 2.75) is 31.0 Å². The first-order valence-electron chi connectivity index (χ1n) is 8.38. The van der Waals surface area contributed by atoms with Crippen LogP contribution in [-0.2, 0) is 25.5 Å². The third-order valence-corrected chi connectivity index (χ3v) is 4.77. The Hall–Kier alpha value is -1.92. The van der Waals surface area contributed by atoms with Gasteiger partial charge in [-0.1, -0.05) is 30.3 Å². The van der Waals surface area contributed by atoms with Crippen LogP contribution in [0.5, 0.6) is 0 Å². The molecule has 0 aromatic heterocycles. The molecule has 2 atom stereocenters. The second-order valence-corrected chi connectivity index (χ2v) is 6.53. The van der Waals surface area contributed by atoms with E-state index in [2.05, 4.69) is 5.32 Å². The maximum atomic E-state index is 12.5. The average Bonchev–Trinajstić information content (AvgIpc) is 3.21. The molecule has 2 aliphatic heterocycles. The summed E-state index contributed by atoms with van der Waals surface area (Å²) in [5, 5.41) is 2.54. The Morgan fingerprint density at radius 3 is 2.92 bits per heavy atom. The number of nitrogens with zero attached hydrogens (tertiary/aromatic N) is 1. The molecule has 2 amide bonds. The quantitative estimate of drug-likeness (QED) is 0.864. The summed E-state index contributed by atoms with van der Waals surface area (Å²) in [7, 11) is 1.59. The van der Waals surface area contributed by atoms with Gasteiger partial charge in [-0.25, -0.2) is 0 Å². The molecule has 1 aromatic carbocycles. The summed E-state index contributed by atoms with van der Waals surface area (Å²) in [5.41, 5.74) is 0.724. The highest BCUT2D eigenvalue weighted by Gasteiger charge is 2.47. The number of likely N-dealkylation sites (tertiary alicyclic amines) is 1. The van der Waals surface area contributed by atoms with E-state index in [1.165, 1.54) is 0 Å². The number of carbonyl (C=O) groups excluding carboxylic acids is 2. The van der Waals surface area contributed by atoms with Crippen molar-refractivity contribution < 1.29 is 19.1 Å². The molecule has 24 heavy (non-hydrogen) atoms. The van der Waals surface area contributed by atoms with Crippen LogP contribution in [0, 0.1) is 0 Å². The molecule has 0 saturated carbocycles. The van der Waals surface area contributed by atoms with Crippen LogP contribution in [0.25, 0.3) is 0 Å². The molecule has 2 aliphatic rings. The second kappa shape index (κ2) is 7.32. The zero-order valence-electron chi connectivity index (χ0n) is 14.0. The number of rotatable bonds is 5. The van der Waals surface area contributed by atoms with Crippen molar-refractivity contribution in [2.75, 3.05) is 33.4 Å². The maximum absolute atomic E-state index is 12.5. The molecule has 130 valence electrons. The summed E-state index contributed by atoms with van der Waals surface area (Å²) in [6, 6.07) is 9.78. The van der Waals surface area contributed by atoms with Gasteiger partial charge in [-0.15, -0.1) is 0 Å². The van der Waals surface area contributed by atoms with E-state index >= 15 is 0 Å². The molecule has 2 fully saturated rings. The highest BCUT2D eigenvalue weighted by Crippen LogP contribution is 2.36. The van der Waals surface area contributed by atoms with Crippen molar-refractivity contribution in [2.24, 2.45) is 0 Å². The second-order valence-electron chi connectivity index (χ2n) is 6.53. The minimum Gasteiger partial charge on any atom is -0.370 e. The van der Waals surface area contributed by atoms with E-state index in [1.54, 1.807) is 7.05 Å². The van der Waals surface area contributed by atoms with Crippen molar-refractivity contribution in [3.05, 3.63) is 35.9 Å². The van der Waals surface area contributed by atoms with Crippen molar-refractivity contribution in [3.63, 3.8) is 0 Å². The first-order chi connectivity index (χ1) is 11.6. The lowest BCUT2D eigenvalue weighted by atomic mass is 9.98. The summed E-state index contributed by atoms with van der Waals surface area (Å²) >= 11 is 0. The molecule has 1 N–H and O–H groups in total. The minimum absolute atomic E-state index is 0.0528. The van der Waals surface area contributed by atoms with Crippen LogP contribution in [0.1, 0.15) is 18.4 Å². The van der Waals surface area contributed by atoms with Gasteiger partial charge in [0, 0.05) is 26.6 Å². The van der Waals surface area contributed by atoms with Gasteiger partial charge < -0.3 is 19.7 Å². The Kier molecular flexibility index (Phi) is 5.16.